The second kappa shape index (κ2) is 10.1. The molecule has 1 aromatic rings. The Morgan fingerprint density at radius 2 is 1.44 bits per heavy atom. The average molecular weight is 250 g/mol. The van der Waals surface area contributed by atoms with Crippen LogP contribution < -0.4 is 0 Å². The molecule has 18 heavy (non-hydrogen) atoms. The van der Waals surface area contributed by atoms with Gasteiger partial charge in [0.1, 0.15) is 0 Å². The van der Waals surface area contributed by atoms with Crippen LogP contribution >= 0.6 is 0 Å². The summed E-state index contributed by atoms with van der Waals surface area (Å²) in [4.78, 5) is 0. The van der Waals surface area contributed by atoms with Gasteiger partial charge in [-0.1, -0.05) is 65.0 Å². The summed E-state index contributed by atoms with van der Waals surface area (Å²) in [5.74, 6) is 0.781. The van der Waals surface area contributed by atoms with E-state index in [1.54, 1.807) is 0 Å². The van der Waals surface area contributed by atoms with E-state index in [-0.39, 0.29) is 0 Å². The van der Waals surface area contributed by atoms with Crippen LogP contribution in [0.4, 0.5) is 0 Å². The maximum Gasteiger partial charge on any atom is 0.0831 e. The van der Waals surface area contributed by atoms with Crippen molar-refractivity contribution in [1.82, 2.24) is 0 Å². The molecule has 104 valence electrons. The summed E-state index contributed by atoms with van der Waals surface area (Å²) in [6.45, 7) is 12.5. The maximum absolute atomic E-state index is 5.94. The van der Waals surface area contributed by atoms with E-state index in [1.165, 1.54) is 12.0 Å². The summed E-state index contributed by atoms with van der Waals surface area (Å²) in [7, 11) is 0. The van der Waals surface area contributed by atoms with Gasteiger partial charge < -0.3 is 4.74 Å². The first-order valence-corrected chi connectivity index (χ1v) is 7.46. The third-order valence-electron chi connectivity index (χ3n) is 2.92. The van der Waals surface area contributed by atoms with E-state index in [4.69, 9.17) is 4.74 Å². The van der Waals surface area contributed by atoms with Gasteiger partial charge >= 0.3 is 0 Å². The van der Waals surface area contributed by atoms with Gasteiger partial charge in [-0.3, -0.25) is 0 Å². The average Bonchev–Trinajstić information content (AvgIpc) is 2.43. The van der Waals surface area contributed by atoms with Gasteiger partial charge in [0.05, 0.1) is 12.2 Å². The molecule has 0 spiro atoms. The number of rotatable bonds is 1. The van der Waals surface area contributed by atoms with Crippen molar-refractivity contribution in [1.29, 1.82) is 0 Å². The molecule has 0 saturated carbocycles. The molecule has 0 amide bonds. The predicted octanol–water partition coefficient (Wildman–Crippen LogP) is 5.62. The monoisotopic (exact) mass is 250 g/mol. The minimum atomic E-state index is 0.315. The summed E-state index contributed by atoms with van der Waals surface area (Å²) in [5.41, 5.74) is 1.32. The van der Waals surface area contributed by atoms with Crippen molar-refractivity contribution in [2.24, 2.45) is 5.92 Å². The summed E-state index contributed by atoms with van der Waals surface area (Å²) in [5, 5.41) is 0. The van der Waals surface area contributed by atoms with Crippen LogP contribution in [0.15, 0.2) is 30.3 Å². The Morgan fingerprint density at radius 3 is 1.94 bits per heavy atom. The Bertz CT molecular complexity index is 271. The fourth-order valence-electron chi connectivity index (χ4n) is 2.30. The normalized spacial score (nSPS) is 26.2. The maximum atomic E-state index is 5.94. The SMILES string of the molecule is CC.CC.CC1CC(C)OC(c2ccccc2)C1. The number of benzene rings is 1. The zero-order valence-electron chi connectivity index (χ0n) is 12.9. The van der Waals surface area contributed by atoms with Crippen LogP contribution in [0.3, 0.4) is 0 Å². The van der Waals surface area contributed by atoms with Crippen LogP contribution in [-0.2, 0) is 4.74 Å². The first-order valence-electron chi connectivity index (χ1n) is 7.46. The van der Waals surface area contributed by atoms with Crippen molar-refractivity contribution < 1.29 is 4.74 Å². The lowest BCUT2D eigenvalue weighted by molar-refractivity contribution is -0.0604. The van der Waals surface area contributed by atoms with E-state index < -0.39 is 0 Å². The molecule has 1 aromatic carbocycles. The summed E-state index contributed by atoms with van der Waals surface area (Å²) in [6.07, 6.45) is 3.08. The van der Waals surface area contributed by atoms with Crippen LogP contribution in [0.25, 0.3) is 0 Å². The molecule has 1 aliphatic rings. The summed E-state index contributed by atoms with van der Waals surface area (Å²) >= 11 is 0. The van der Waals surface area contributed by atoms with Crippen molar-refractivity contribution in [2.75, 3.05) is 0 Å². The molecule has 1 saturated heterocycles. The second-order valence-corrected chi connectivity index (χ2v) is 4.42. The Balaban J connectivity index is 0.000000659. The van der Waals surface area contributed by atoms with Gasteiger partial charge in [0, 0.05) is 0 Å². The third kappa shape index (κ3) is 5.68. The van der Waals surface area contributed by atoms with Gasteiger partial charge in [-0.15, -0.1) is 0 Å². The topological polar surface area (TPSA) is 9.23 Å². The van der Waals surface area contributed by atoms with Crippen molar-refractivity contribution >= 4 is 0 Å². The lowest BCUT2D eigenvalue weighted by atomic mass is 9.91. The molecule has 1 heteroatoms. The van der Waals surface area contributed by atoms with Gasteiger partial charge in [0.15, 0.2) is 0 Å². The van der Waals surface area contributed by atoms with E-state index >= 15 is 0 Å². The fraction of sp³-hybridized carbons (Fsp3) is 0.647. The zero-order valence-corrected chi connectivity index (χ0v) is 12.9. The second-order valence-electron chi connectivity index (χ2n) is 4.42. The minimum absolute atomic E-state index is 0.315. The molecule has 1 fully saturated rings. The molecular formula is C17H30O. The van der Waals surface area contributed by atoms with Crippen LogP contribution in [-0.4, -0.2) is 6.10 Å². The first kappa shape index (κ1) is 17.2. The van der Waals surface area contributed by atoms with Gasteiger partial charge in [-0.2, -0.15) is 0 Å². The van der Waals surface area contributed by atoms with Gasteiger partial charge in [-0.05, 0) is 31.2 Å². The van der Waals surface area contributed by atoms with E-state index in [1.807, 2.05) is 27.7 Å². The van der Waals surface area contributed by atoms with Gasteiger partial charge in [-0.25, -0.2) is 0 Å². The van der Waals surface area contributed by atoms with E-state index in [0.29, 0.717) is 12.2 Å². The molecule has 0 aliphatic carbocycles. The summed E-state index contributed by atoms with van der Waals surface area (Å²) in [6, 6.07) is 10.6. The van der Waals surface area contributed by atoms with E-state index in [2.05, 4.69) is 44.2 Å². The molecule has 0 bridgehead atoms. The number of ether oxygens (including phenoxy) is 1. The van der Waals surface area contributed by atoms with E-state index in [0.717, 1.165) is 12.3 Å². The Labute approximate surface area is 114 Å². The lowest BCUT2D eigenvalue weighted by Crippen LogP contribution is -2.24. The lowest BCUT2D eigenvalue weighted by Gasteiger charge is -2.32. The number of hydrogen-bond acceptors (Lipinski definition) is 1. The number of hydrogen-bond donors (Lipinski definition) is 0. The fourth-order valence-corrected chi connectivity index (χ4v) is 2.30. The predicted molar refractivity (Wildman–Crippen MR) is 80.8 cm³/mol. The molecule has 1 aliphatic heterocycles. The minimum Gasteiger partial charge on any atom is -0.371 e. The molecule has 2 rings (SSSR count). The standard InChI is InChI=1S/C13H18O.2C2H6/c1-10-8-11(2)14-13(9-10)12-6-4-3-5-7-12;2*1-2/h3-7,10-11,13H,8-9H2,1-2H3;2*1-2H3. The van der Waals surface area contributed by atoms with E-state index in [9.17, 15) is 0 Å². The van der Waals surface area contributed by atoms with Crippen molar-refractivity contribution in [3.05, 3.63) is 35.9 Å². The van der Waals surface area contributed by atoms with Gasteiger partial charge in [0.2, 0.25) is 0 Å². The quantitative estimate of drug-likeness (QED) is 0.629. The largest absolute Gasteiger partial charge is 0.371 e. The highest BCUT2D eigenvalue weighted by molar-refractivity contribution is 5.18. The van der Waals surface area contributed by atoms with Crippen LogP contribution in [0, 0.1) is 5.92 Å². The molecule has 0 aromatic heterocycles. The van der Waals surface area contributed by atoms with Crippen molar-refractivity contribution in [3.8, 4) is 0 Å². The first-order chi connectivity index (χ1) is 8.75. The molecule has 3 unspecified atom stereocenters. The van der Waals surface area contributed by atoms with Crippen molar-refractivity contribution in [3.63, 3.8) is 0 Å². The Hall–Kier alpha value is -0.820. The molecule has 0 N–H and O–H groups in total. The Morgan fingerprint density at radius 1 is 0.889 bits per heavy atom. The Kier molecular flexibility index (Phi) is 9.67. The molecule has 0 radical (unpaired) electrons. The van der Waals surface area contributed by atoms with Gasteiger partial charge in [0.25, 0.3) is 0 Å². The zero-order chi connectivity index (χ0) is 14.0. The molecule has 1 nitrogen and oxygen atoms in total. The van der Waals surface area contributed by atoms with Crippen LogP contribution in [0.5, 0.6) is 0 Å². The highest BCUT2D eigenvalue weighted by atomic mass is 16.5. The molecule has 1 heterocycles. The van der Waals surface area contributed by atoms with Crippen LogP contribution in [0.2, 0.25) is 0 Å². The van der Waals surface area contributed by atoms with Crippen molar-refractivity contribution in [2.45, 2.75) is 66.6 Å². The molecular weight excluding hydrogens is 220 g/mol. The smallest absolute Gasteiger partial charge is 0.0831 e. The summed E-state index contributed by atoms with van der Waals surface area (Å²) < 4.78 is 5.94. The third-order valence-corrected chi connectivity index (χ3v) is 2.92. The highest BCUT2D eigenvalue weighted by Gasteiger charge is 2.25. The highest BCUT2D eigenvalue weighted by Crippen LogP contribution is 2.34. The molecule has 3 atom stereocenters. The van der Waals surface area contributed by atoms with Crippen LogP contribution in [0.1, 0.15) is 66.1 Å².